The zero-order valence-electron chi connectivity index (χ0n) is 34.1. The molecule has 4 nitrogen and oxygen atoms in total. The summed E-state index contributed by atoms with van der Waals surface area (Å²) in [7, 11) is 0. The number of fused-ring (bicyclic) bond motifs is 7. The van der Waals surface area contributed by atoms with E-state index in [2.05, 4.69) is 148 Å². The second-order valence-corrected chi connectivity index (χ2v) is 16.3. The third-order valence-electron chi connectivity index (χ3n) is 12.8. The number of benzene rings is 9. The Hall–Kier alpha value is -8.28. The minimum Gasteiger partial charge on any atom is -0.311 e. The molecule has 64 heavy (non-hydrogen) atoms. The Bertz CT molecular complexity index is 3430. The van der Waals surface area contributed by atoms with Gasteiger partial charge in [0, 0.05) is 50.5 Å². The van der Waals surface area contributed by atoms with Crippen LogP contribution in [0.5, 0.6) is 0 Å². The molecule has 12 rings (SSSR count). The molecule has 2 aliphatic rings. The number of para-hydroxylation sites is 6. The summed E-state index contributed by atoms with van der Waals surface area (Å²) in [6.07, 6.45) is -4.67. The van der Waals surface area contributed by atoms with Crippen molar-refractivity contribution in [2.75, 3.05) is 9.80 Å². The highest BCUT2D eigenvalue weighted by molar-refractivity contribution is 7.00. The van der Waals surface area contributed by atoms with Gasteiger partial charge in [0.1, 0.15) is 0 Å². The standard InChI is InChI=1S/C56H34BF3N4/c58-56(59,60)45-31-36(35-61)27-29-41(45)42-19-7-11-23-48(42)64-49-24-12-8-20-43(49)44-32-37(28-30-50(44)64)38-33-53-55-54(34-38)63(40-17-5-2-6-18-40)52-26-14-10-22-47(52)57(55)46-21-9-13-25-51(46)62(53)39-15-3-1-4-16-39/h1-34H. The number of anilines is 6. The number of hydrogen-bond acceptors (Lipinski definition) is 3. The van der Waals surface area contributed by atoms with Crippen LogP contribution in [0.15, 0.2) is 206 Å². The first kappa shape index (κ1) is 37.5. The average molecular weight is 831 g/mol. The summed E-state index contributed by atoms with van der Waals surface area (Å²) in [5.41, 5.74) is 14.2. The molecule has 0 aliphatic carbocycles. The van der Waals surface area contributed by atoms with Crippen LogP contribution in [0.1, 0.15) is 11.1 Å². The van der Waals surface area contributed by atoms with Gasteiger partial charge in [0.15, 0.2) is 0 Å². The van der Waals surface area contributed by atoms with Gasteiger partial charge in [-0.1, -0.05) is 121 Å². The van der Waals surface area contributed by atoms with Crippen LogP contribution in [0, 0.1) is 11.3 Å². The molecule has 0 N–H and O–H groups in total. The lowest BCUT2D eigenvalue weighted by atomic mass is 9.33. The maximum Gasteiger partial charge on any atom is 0.417 e. The molecule has 10 aromatic rings. The van der Waals surface area contributed by atoms with Crippen molar-refractivity contribution in [1.29, 1.82) is 5.26 Å². The van der Waals surface area contributed by atoms with Crippen LogP contribution in [0.2, 0.25) is 0 Å². The minimum atomic E-state index is -4.67. The van der Waals surface area contributed by atoms with E-state index in [0.717, 1.165) is 73.1 Å². The van der Waals surface area contributed by atoms with Crippen molar-refractivity contribution < 1.29 is 13.2 Å². The Kier molecular flexibility index (Phi) is 8.44. The highest BCUT2D eigenvalue weighted by Crippen LogP contribution is 2.47. The van der Waals surface area contributed by atoms with Gasteiger partial charge in [0.05, 0.1) is 33.9 Å². The third kappa shape index (κ3) is 5.71. The van der Waals surface area contributed by atoms with Gasteiger partial charge in [-0.05, 0) is 118 Å². The van der Waals surface area contributed by atoms with Crippen LogP contribution in [0.25, 0.3) is 49.7 Å². The maximum atomic E-state index is 14.7. The van der Waals surface area contributed by atoms with Gasteiger partial charge in [0.2, 0.25) is 0 Å². The fourth-order valence-electron chi connectivity index (χ4n) is 10.2. The van der Waals surface area contributed by atoms with E-state index in [0.29, 0.717) is 11.3 Å². The second kappa shape index (κ2) is 14.4. The van der Waals surface area contributed by atoms with Gasteiger partial charge >= 0.3 is 6.18 Å². The first-order valence-electron chi connectivity index (χ1n) is 21.2. The Balaban J connectivity index is 1.11. The number of aromatic nitrogens is 1. The second-order valence-electron chi connectivity index (χ2n) is 16.3. The number of alkyl halides is 3. The SMILES string of the molecule is N#Cc1ccc(-c2ccccc2-n2c3ccccc3c3cc(-c4cc5c6c(c4)N(c4ccccc4)c4ccccc4B6c4ccccc4N5c4ccccc4)ccc32)c(C(F)(F)F)c1. The summed E-state index contributed by atoms with van der Waals surface area (Å²) < 4.78 is 46.1. The first-order valence-corrected chi connectivity index (χ1v) is 21.2. The maximum absolute atomic E-state index is 14.7. The third-order valence-corrected chi connectivity index (χ3v) is 12.8. The van der Waals surface area contributed by atoms with E-state index in [4.69, 9.17) is 0 Å². The Morgan fingerprint density at radius 1 is 0.438 bits per heavy atom. The molecule has 0 unspecified atom stereocenters. The van der Waals surface area contributed by atoms with E-state index in [1.54, 1.807) is 12.1 Å². The topological polar surface area (TPSA) is 35.2 Å². The lowest BCUT2D eigenvalue weighted by Crippen LogP contribution is -2.61. The Morgan fingerprint density at radius 3 is 1.61 bits per heavy atom. The molecule has 0 radical (unpaired) electrons. The van der Waals surface area contributed by atoms with Crippen LogP contribution >= 0.6 is 0 Å². The summed E-state index contributed by atoms with van der Waals surface area (Å²) in [5.74, 6) is 0. The summed E-state index contributed by atoms with van der Waals surface area (Å²) in [6, 6.07) is 70.5. The highest BCUT2D eigenvalue weighted by atomic mass is 19.4. The number of nitrogens with zero attached hydrogens (tertiary/aromatic N) is 4. The minimum absolute atomic E-state index is 0.0131. The van der Waals surface area contributed by atoms with Gasteiger partial charge in [-0.25, -0.2) is 0 Å². The fraction of sp³-hybridized carbons (Fsp3) is 0.0179. The number of halogens is 3. The molecule has 9 aromatic carbocycles. The normalized spacial score (nSPS) is 12.8. The average Bonchev–Trinajstić information content (AvgIpc) is 3.67. The molecule has 0 atom stereocenters. The van der Waals surface area contributed by atoms with Crippen molar-refractivity contribution in [3.63, 3.8) is 0 Å². The first-order chi connectivity index (χ1) is 31.4. The van der Waals surface area contributed by atoms with Crippen molar-refractivity contribution in [3.05, 3.63) is 217 Å². The summed E-state index contributed by atoms with van der Waals surface area (Å²) in [5, 5.41) is 11.5. The van der Waals surface area contributed by atoms with Crippen molar-refractivity contribution in [1.82, 2.24) is 4.57 Å². The van der Waals surface area contributed by atoms with E-state index in [-0.39, 0.29) is 17.8 Å². The van der Waals surface area contributed by atoms with Crippen LogP contribution in [0.4, 0.5) is 47.3 Å². The summed E-state index contributed by atoms with van der Waals surface area (Å²) in [4.78, 5) is 4.79. The Morgan fingerprint density at radius 2 is 0.984 bits per heavy atom. The van der Waals surface area contributed by atoms with E-state index in [9.17, 15) is 18.4 Å². The monoisotopic (exact) mass is 830 g/mol. The Labute approximate surface area is 368 Å². The van der Waals surface area contributed by atoms with Crippen LogP contribution in [0.3, 0.4) is 0 Å². The van der Waals surface area contributed by atoms with Crippen LogP contribution in [-0.2, 0) is 6.18 Å². The molecule has 0 bridgehead atoms. The molecule has 1 aromatic heterocycles. The van der Waals surface area contributed by atoms with Gasteiger partial charge in [-0.15, -0.1) is 0 Å². The van der Waals surface area contributed by atoms with Gasteiger partial charge in [0.25, 0.3) is 6.71 Å². The van der Waals surface area contributed by atoms with Gasteiger partial charge < -0.3 is 14.4 Å². The molecule has 0 saturated carbocycles. The zero-order chi connectivity index (χ0) is 43.1. The summed E-state index contributed by atoms with van der Waals surface area (Å²) >= 11 is 0. The number of nitriles is 1. The smallest absolute Gasteiger partial charge is 0.311 e. The van der Waals surface area contributed by atoms with Crippen molar-refractivity contribution in [3.8, 4) is 34.0 Å². The van der Waals surface area contributed by atoms with Crippen molar-refractivity contribution in [2.45, 2.75) is 6.18 Å². The van der Waals surface area contributed by atoms with Crippen molar-refractivity contribution in [2.24, 2.45) is 0 Å². The molecular weight excluding hydrogens is 796 g/mol. The summed E-state index contributed by atoms with van der Waals surface area (Å²) in [6.45, 7) is -0.0131. The number of rotatable bonds is 5. The number of hydrogen-bond donors (Lipinski definition) is 0. The van der Waals surface area contributed by atoms with Gasteiger partial charge in [-0.2, -0.15) is 18.4 Å². The lowest BCUT2D eigenvalue weighted by Gasteiger charge is -2.44. The molecule has 302 valence electrons. The molecule has 0 fully saturated rings. The molecule has 0 saturated heterocycles. The molecular formula is C56H34BF3N4. The molecule has 0 amide bonds. The predicted octanol–water partition coefficient (Wildman–Crippen LogP) is 13.1. The van der Waals surface area contributed by atoms with Crippen LogP contribution in [-0.4, -0.2) is 11.3 Å². The quantitative estimate of drug-likeness (QED) is 0.162. The molecule has 0 spiro atoms. The van der Waals surface area contributed by atoms with Crippen molar-refractivity contribution >= 4 is 79.0 Å². The zero-order valence-corrected chi connectivity index (χ0v) is 34.1. The lowest BCUT2D eigenvalue weighted by molar-refractivity contribution is -0.137. The van der Waals surface area contributed by atoms with Gasteiger partial charge in [-0.3, -0.25) is 0 Å². The molecule has 8 heteroatoms. The fourth-order valence-corrected chi connectivity index (χ4v) is 10.2. The highest BCUT2D eigenvalue weighted by Gasteiger charge is 2.43. The van der Waals surface area contributed by atoms with E-state index in [1.165, 1.54) is 28.5 Å². The molecule has 2 aliphatic heterocycles. The largest absolute Gasteiger partial charge is 0.417 e. The van der Waals surface area contributed by atoms with E-state index >= 15 is 0 Å². The predicted molar refractivity (Wildman–Crippen MR) is 255 cm³/mol. The van der Waals surface area contributed by atoms with E-state index < -0.39 is 11.7 Å². The van der Waals surface area contributed by atoms with Crippen LogP contribution < -0.4 is 26.2 Å². The molecule has 3 heterocycles. The van der Waals surface area contributed by atoms with E-state index in [1.807, 2.05) is 48.5 Å².